The molecule has 2 heterocycles. The number of hydrogen-bond acceptors (Lipinski definition) is 5. The van der Waals surface area contributed by atoms with E-state index in [-0.39, 0.29) is 11.9 Å². The second-order valence-corrected chi connectivity index (χ2v) is 8.08. The SMILES string of the molecule is COc1ccccc1N1CCCC(NC(=O)CN(Cc2cccnc2)c2ccccc2)C1. The average molecular weight is 431 g/mol. The second-order valence-electron chi connectivity index (χ2n) is 8.08. The van der Waals surface area contributed by atoms with Gasteiger partial charge in [-0.1, -0.05) is 36.4 Å². The maximum absolute atomic E-state index is 13.0. The van der Waals surface area contributed by atoms with Crippen LogP contribution in [0.25, 0.3) is 0 Å². The molecule has 0 radical (unpaired) electrons. The summed E-state index contributed by atoms with van der Waals surface area (Å²) in [5, 5.41) is 3.26. The molecule has 0 spiro atoms. The van der Waals surface area contributed by atoms with Crippen LogP contribution in [-0.2, 0) is 11.3 Å². The fourth-order valence-corrected chi connectivity index (χ4v) is 4.24. The van der Waals surface area contributed by atoms with Gasteiger partial charge in [0.1, 0.15) is 5.75 Å². The number of pyridine rings is 1. The molecule has 4 rings (SSSR count). The standard InChI is InChI=1S/C26H30N4O2/c1-32-25-14-6-5-13-24(25)29-16-8-10-22(19-29)28-26(31)20-30(23-11-3-2-4-12-23)18-21-9-7-15-27-17-21/h2-7,9,11-15,17,22H,8,10,16,18-20H2,1H3,(H,28,31). The lowest BCUT2D eigenvalue weighted by molar-refractivity contribution is -0.120. The van der Waals surface area contributed by atoms with Crippen molar-refractivity contribution in [1.82, 2.24) is 10.3 Å². The van der Waals surface area contributed by atoms with Gasteiger partial charge in [-0.05, 0) is 48.7 Å². The average Bonchev–Trinajstić information content (AvgIpc) is 2.85. The quantitative estimate of drug-likeness (QED) is 0.588. The molecule has 32 heavy (non-hydrogen) atoms. The monoisotopic (exact) mass is 430 g/mol. The summed E-state index contributed by atoms with van der Waals surface area (Å²) in [6.07, 6.45) is 5.62. The molecule has 2 aromatic carbocycles. The molecule has 6 nitrogen and oxygen atoms in total. The molecule has 1 unspecified atom stereocenters. The molecule has 1 aliphatic heterocycles. The number of hydrogen-bond donors (Lipinski definition) is 1. The van der Waals surface area contributed by atoms with Crippen LogP contribution in [0.5, 0.6) is 5.75 Å². The van der Waals surface area contributed by atoms with Gasteiger partial charge in [0.25, 0.3) is 0 Å². The van der Waals surface area contributed by atoms with E-state index in [9.17, 15) is 4.79 Å². The van der Waals surface area contributed by atoms with E-state index >= 15 is 0 Å². The van der Waals surface area contributed by atoms with Gasteiger partial charge >= 0.3 is 0 Å². The molecule has 0 bridgehead atoms. The minimum atomic E-state index is 0.0321. The van der Waals surface area contributed by atoms with E-state index in [2.05, 4.69) is 26.2 Å². The van der Waals surface area contributed by atoms with Crippen LogP contribution in [0.1, 0.15) is 18.4 Å². The maximum Gasteiger partial charge on any atom is 0.239 e. The van der Waals surface area contributed by atoms with E-state index in [1.54, 1.807) is 13.3 Å². The number of piperidine rings is 1. The highest BCUT2D eigenvalue weighted by Crippen LogP contribution is 2.30. The fraction of sp³-hybridized carbons (Fsp3) is 0.308. The van der Waals surface area contributed by atoms with Crippen molar-refractivity contribution in [3.8, 4) is 5.75 Å². The van der Waals surface area contributed by atoms with Gasteiger partial charge < -0.3 is 19.9 Å². The van der Waals surface area contributed by atoms with Crippen molar-refractivity contribution in [3.05, 3.63) is 84.7 Å². The first-order valence-electron chi connectivity index (χ1n) is 11.1. The van der Waals surface area contributed by atoms with E-state index in [1.165, 1.54) is 0 Å². The number of rotatable bonds is 8. The van der Waals surface area contributed by atoms with Gasteiger partial charge in [0.15, 0.2) is 0 Å². The van der Waals surface area contributed by atoms with Crippen molar-refractivity contribution in [1.29, 1.82) is 0 Å². The highest BCUT2D eigenvalue weighted by Gasteiger charge is 2.24. The van der Waals surface area contributed by atoms with Crippen LogP contribution >= 0.6 is 0 Å². The Balaban J connectivity index is 1.41. The first-order chi connectivity index (χ1) is 15.7. The highest BCUT2D eigenvalue weighted by atomic mass is 16.5. The molecule has 1 fully saturated rings. The highest BCUT2D eigenvalue weighted by molar-refractivity contribution is 5.81. The molecule has 0 saturated carbocycles. The molecular weight excluding hydrogens is 400 g/mol. The summed E-state index contributed by atoms with van der Waals surface area (Å²) in [7, 11) is 1.70. The van der Waals surface area contributed by atoms with E-state index in [0.717, 1.165) is 48.6 Å². The smallest absolute Gasteiger partial charge is 0.239 e. The third kappa shape index (κ3) is 5.58. The Hall–Kier alpha value is -3.54. The Labute approximate surface area is 189 Å². The number of nitrogens with zero attached hydrogens (tertiary/aromatic N) is 3. The zero-order valence-electron chi connectivity index (χ0n) is 18.5. The normalized spacial score (nSPS) is 15.8. The van der Waals surface area contributed by atoms with Crippen LogP contribution in [0, 0.1) is 0 Å². The van der Waals surface area contributed by atoms with Gasteiger partial charge in [-0.3, -0.25) is 9.78 Å². The Morgan fingerprint density at radius 1 is 1.12 bits per heavy atom. The van der Waals surface area contributed by atoms with E-state index < -0.39 is 0 Å². The van der Waals surface area contributed by atoms with Crippen LogP contribution in [-0.4, -0.2) is 43.7 Å². The number of carbonyl (C=O) groups is 1. The number of ether oxygens (including phenoxy) is 1. The number of benzene rings is 2. The fourth-order valence-electron chi connectivity index (χ4n) is 4.24. The van der Waals surface area contributed by atoms with Gasteiger partial charge in [-0.25, -0.2) is 0 Å². The zero-order chi connectivity index (χ0) is 22.2. The molecule has 166 valence electrons. The number of amides is 1. The first-order valence-corrected chi connectivity index (χ1v) is 11.1. The van der Waals surface area contributed by atoms with Crippen molar-refractivity contribution in [2.45, 2.75) is 25.4 Å². The number of nitrogens with one attached hydrogen (secondary N) is 1. The molecular formula is C26H30N4O2. The number of anilines is 2. The molecule has 0 aliphatic carbocycles. The third-order valence-corrected chi connectivity index (χ3v) is 5.76. The summed E-state index contributed by atoms with van der Waals surface area (Å²) in [4.78, 5) is 21.6. The minimum absolute atomic E-state index is 0.0321. The molecule has 1 aromatic heterocycles. The Bertz CT molecular complexity index is 997. The van der Waals surface area contributed by atoms with Gasteiger partial charge in [-0.15, -0.1) is 0 Å². The summed E-state index contributed by atoms with van der Waals surface area (Å²) < 4.78 is 5.53. The number of para-hydroxylation sites is 3. The Morgan fingerprint density at radius 2 is 1.94 bits per heavy atom. The summed E-state index contributed by atoms with van der Waals surface area (Å²) in [6, 6.07) is 22.2. The molecule has 6 heteroatoms. The Morgan fingerprint density at radius 3 is 2.72 bits per heavy atom. The Kier molecular flexibility index (Phi) is 7.23. The molecule has 1 aliphatic rings. The van der Waals surface area contributed by atoms with Gasteiger partial charge in [-0.2, -0.15) is 0 Å². The minimum Gasteiger partial charge on any atom is -0.495 e. The first kappa shape index (κ1) is 21.7. The molecule has 1 N–H and O–H groups in total. The predicted octanol–water partition coefficient (Wildman–Crippen LogP) is 3.88. The van der Waals surface area contributed by atoms with Crippen molar-refractivity contribution in [2.24, 2.45) is 0 Å². The van der Waals surface area contributed by atoms with Crippen LogP contribution in [0.4, 0.5) is 11.4 Å². The third-order valence-electron chi connectivity index (χ3n) is 5.76. The predicted molar refractivity (Wildman–Crippen MR) is 128 cm³/mol. The summed E-state index contributed by atoms with van der Waals surface area (Å²) in [5.41, 5.74) is 3.17. The lowest BCUT2D eigenvalue weighted by Gasteiger charge is -2.36. The van der Waals surface area contributed by atoms with Crippen LogP contribution in [0.15, 0.2) is 79.1 Å². The maximum atomic E-state index is 13.0. The van der Waals surface area contributed by atoms with Crippen LogP contribution in [0.2, 0.25) is 0 Å². The zero-order valence-corrected chi connectivity index (χ0v) is 18.5. The number of methoxy groups -OCH3 is 1. The summed E-state index contributed by atoms with van der Waals surface area (Å²) in [5.74, 6) is 0.899. The topological polar surface area (TPSA) is 57.7 Å². The van der Waals surface area contributed by atoms with E-state index in [4.69, 9.17) is 4.74 Å². The van der Waals surface area contributed by atoms with Gasteiger partial charge in [0, 0.05) is 43.8 Å². The molecule has 1 saturated heterocycles. The van der Waals surface area contributed by atoms with E-state index in [1.807, 2.05) is 66.9 Å². The lowest BCUT2D eigenvalue weighted by Crippen LogP contribution is -2.50. The van der Waals surface area contributed by atoms with Crippen LogP contribution in [0.3, 0.4) is 0 Å². The summed E-state index contributed by atoms with van der Waals surface area (Å²) >= 11 is 0. The second kappa shape index (κ2) is 10.7. The molecule has 3 aromatic rings. The lowest BCUT2D eigenvalue weighted by atomic mass is 10.0. The van der Waals surface area contributed by atoms with Gasteiger partial charge in [0.05, 0.1) is 19.3 Å². The van der Waals surface area contributed by atoms with Crippen molar-refractivity contribution in [2.75, 3.05) is 36.5 Å². The van der Waals surface area contributed by atoms with Gasteiger partial charge in [0.2, 0.25) is 5.91 Å². The largest absolute Gasteiger partial charge is 0.495 e. The number of aromatic nitrogens is 1. The summed E-state index contributed by atoms with van der Waals surface area (Å²) in [6.45, 7) is 2.66. The van der Waals surface area contributed by atoms with Crippen molar-refractivity contribution < 1.29 is 9.53 Å². The van der Waals surface area contributed by atoms with Crippen molar-refractivity contribution >= 4 is 17.3 Å². The number of carbonyl (C=O) groups excluding carboxylic acids is 1. The van der Waals surface area contributed by atoms with Crippen LogP contribution < -0.4 is 19.9 Å². The molecule has 1 atom stereocenters. The van der Waals surface area contributed by atoms with E-state index in [0.29, 0.717) is 13.1 Å². The van der Waals surface area contributed by atoms with Crippen molar-refractivity contribution in [3.63, 3.8) is 0 Å². The molecule has 1 amide bonds.